The maximum absolute atomic E-state index is 13.2. The Morgan fingerprint density at radius 3 is 3.00 bits per heavy atom. The summed E-state index contributed by atoms with van der Waals surface area (Å²) in [5.74, 6) is -0.286. The number of anilines is 2. The Morgan fingerprint density at radius 2 is 2.31 bits per heavy atom. The van der Waals surface area contributed by atoms with Gasteiger partial charge in [-0.05, 0) is 24.6 Å². The summed E-state index contributed by atoms with van der Waals surface area (Å²) in [5, 5.41) is 9.68. The predicted molar refractivity (Wildman–Crippen MR) is 61.5 cm³/mol. The predicted octanol–water partition coefficient (Wildman–Crippen LogP) is 2.05. The van der Waals surface area contributed by atoms with Crippen LogP contribution in [0, 0.1) is 12.7 Å². The highest BCUT2D eigenvalue weighted by molar-refractivity contribution is 5.67. The Balaban J connectivity index is 2.12. The molecule has 4 nitrogen and oxygen atoms in total. The molecule has 0 aliphatic heterocycles. The van der Waals surface area contributed by atoms with Crippen LogP contribution >= 0.6 is 0 Å². The number of nitrogens with zero attached hydrogens (tertiary/aromatic N) is 1. The number of nitrogens with two attached hydrogens (primary N) is 1. The molecule has 1 aromatic heterocycles. The minimum absolute atomic E-state index is 0.286. The molecule has 2 aromatic rings. The fraction of sp³-hybridized carbons (Fsp3) is 0.182. The zero-order valence-corrected chi connectivity index (χ0v) is 8.92. The lowest BCUT2D eigenvalue weighted by molar-refractivity contribution is 0.619. The van der Waals surface area contributed by atoms with Gasteiger partial charge in [0.25, 0.3) is 0 Å². The van der Waals surface area contributed by atoms with E-state index in [2.05, 4.69) is 15.5 Å². The van der Waals surface area contributed by atoms with Crippen LogP contribution < -0.4 is 11.1 Å². The van der Waals surface area contributed by atoms with Crippen molar-refractivity contribution in [3.05, 3.63) is 41.5 Å². The highest BCUT2D eigenvalue weighted by Crippen LogP contribution is 2.22. The van der Waals surface area contributed by atoms with Crippen molar-refractivity contribution in [3.63, 3.8) is 0 Å². The van der Waals surface area contributed by atoms with Gasteiger partial charge in [0.1, 0.15) is 5.82 Å². The molecule has 0 unspecified atom stereocenters. The van der Waals surface area contributed by atoms with E-state index in [9.17, 15) is 4.39 Å². The van der Waals surface area contributed by atoms with Crippen LogP contribution in [-0.2, 0) is 6.54 Å². The number of halogens is 1. The summed E-state index contributed by atoms with van der Waals surface area (Å²) < 4.78 is 13.2. The molecule has 0 saturated carbocycles. The molecule has 5 heteroatoms. The highest BCUT2D eigenvalue weighted by atomic mass is 19.1. The molecule has 16 heavy (non-hydrogen) atoms. The Morgan fingerprint density at radius 1 is 1.50 bits per heavy atom. The summed E-state index contributed by atoms with van der Waals surface area (Å²) >= 11 is 0. The monoisotopic (exact) mass is 220 g/mol. The third-order valence-corrected chi connectivity index (χ3v) is 2.37. The molecular formula is C11H13FN4. The third-order valence-electron chi connectivity index (χ3n) is 2.37. The average molecular weight is 220 g/mol. The molecule has 4 N–H and O–H groups in total. The van der Waals surface area contributed by atoms with Crippen LogP contribution in [0.4, 0.5) is 15.8 Å². The number of rotatable bonds is 3. The van der Waals surface area contributed by atoms with Crippen molar-refractivity contribution < 1.29 is 4.39 Å². The molecular weight excluding hydrogens is 207 g/mol. The van der Waals surface area contributed by atoms with Gasteiger partial charge >= 0.3 is 0 Å². The summed E-state index contributed by atoms with van der Waals surface area (Å²) in [5.41, 5.74) is 8.44. The number of aromatic amines is 1. The molecule has 0 amide bonds. The first-order chi connectivity index (χ1) is 7.66. The van der Waals surface area contributed by atoms with E-state index < -0.39 is 0 Å². The van der Waals surface area contributed by atoms with Crippen molar-refractivity contribution in [3.8, 4) is 0 Å². The minimum atomic E-state index is -0.286. The molecule has 84 valence electrons. The molecule has 0 radical (unpaired) electrons. The lowest BCUT2D eigenvalue weighted by atomic mass is 10.1. The number of H-pyrrole nitrogens is 1. The number of aromatic nitrogens is 2. The van der Waals surface area contributed by atoms with Crippen LogP contribution in [0.25, 0.3) is 0 Å². The second-order valence-electron chi connectivity index (χ2n) is 3.65. The molecule has 1 heterocycles. The summed E-state index contributed by atoms with van der Waals surface area (Å²) in [6.07, 6.45) is 3.51. The highest BCUT2D eigenvalue weighted by Gasteiger charge is 2.04. The van der Waals surface area contributed by atoms with Gasteiger partial charge in [-0.1, -0.05) is 0 Å². The van der Waals surface area contributed by atoms with Gasteiger partial charge in [-0.15, -0.1) is 0 Å². The molecule has 0 fully saturated rings. The Kier molecular flexibility index (Phi) is 2.76. The van der Waals surface area contributed by atoms with E-state index in [1.807, 2.05) is 0 Å². The molecule has 0 aliphatic rings. The smallest absolute Gasteiger partial charge is 0.128 e. The van der Waals surface area contributed by atoms with Gasteiger partial charge in [0, 0.05) is 18.3 Å². The first kappa shape index (κ1) is 10.5. The SMILES string of the molecule is Cc1cc(NCc2cn[nH]c2)c(N)cc1F. The topological polar surface area (TPSA) is 66.7 Å². The minimum Gasteiger partial charge on any atom is -0.397 e. The third kappa shape index (κ3) is 2.13. The lowest BCUT2D eigenvalue weighted by Crippen LogP contribution is -2.03. The number of hydrogen-bond donors (Lipinski definition) is 3. The van der Waals surface area contributed by atoms with Crippen LogP contribution in [0.1, 0.15) is 11.1 Å². The Hall–Kier alpha value is -2.04. The zero-order chi connectivity index (χ0) is 11.5. The standard InChI is InChI=1S/C11H13FN4/c1-7-2-11(10(13)3-9(7)12)14-4-8-5-15-16-6-8/h2-3,5-6,14H,4,13H2,1H3,(H,15,16). The van der Waals surface area contributed by atoms with Crippen LogP contribution in [0.3, 0.4) is 0 Å². The first-order valence-electron chi connectivity index (χ1n) is 4.94. The molecule has 0 spiro atoms. The summed E-state index contributed by atoms with van der Waals surface area (Å²) in [6.45, 7) is 2.31. The largest absolute Gasteiger partial charge is 0.397 e. The van der Waals surface area contributed by atoms with Gasteiger partial charge in [0.05, 0.1) is 17.6 Å². The number of nitrogens with one attached hydrogen (secondary N) is 2. The van der Waals surface area contributed by atoms with E-state index >= 15 is 0 Å². The molecule has 0 bridgehead atoms. The average Bonchev–Trinajstić information content (AvgIpc) is 2.74. The van der Waals surface area contributed by atoms with Crippen LogP contribution in [0.2, 0.25) is 0 Å². The van der Waals surface area contributed by atoms with Crippen LogP contribution in [-0.4, -0.2) is 10.2 Å². The number of hydrogen-bond acceptors (Lipinski definition) is 3. The van der Waals surface area contributed by atoms with E-state index in [0.29, 0.717) is 17.8 Å². The number of benzene rings is 1. The summed E-state index contributed by atoms with van der Waals surface area (Å²) in [6, 6.07) is 3.03. The first-order valence-corrected chi connectivity index (χ1v) is 4.94. The maximum atomic E-state index is 13.2. The van der Waals surface area contributed by atoms with Crippen molar-refractivity contribution >= 4 is 11.4 Å². The van der Waals surface area contributed by atoms with Crippen molar-refractivity contribution in [2.45, 2.75) is 13.5 Å². The van der Waals surface area contributed by atoms with Crippen molar-refractivity contribution in [1.29, 1.82) is 0 Å². The zero-order valence-electron chi connectivity index (χ0n) is 8.92. The molecule has 0 saturated heterocycles. The summed E-state index contributed by atoms with van der Waals surface area (Å²) in [7, 11) is 0. The van der Waals surface area contributed by atoms with Gasteiger partial charge in [0.2, 0.25) is 0 Å². The van der Waals surface area contributed by atoms with E-state index in [0.717, 1.165) is 11.3 Å². The molecule has 0 atom stereocenters. The van der Waals surface area contributed by atoms with E-state index in [1.54, 1.807) is 25.4 Å². The van der Waals surface area contributed by atoms with Crippen LogP contribution in [0.15, 0.2) is 24.5 Å². The maximum Gasteiger partial charge on any atom is 0.128 e. The van der Waals surface area contributed by atoms with Gasteiger partial charge in [-0.3, -0.25) is 5.10 Å². The van der Waals surface area contributed by atoms with Gasteiger partial charge in [0.15, 0.2) is 0 Å². The normalized spacial score (nSPS) is 10.4. The van der Waals surface area contributed by atoms with Crippen molar-refractivity contribution in [2.75, 3.05) is 11.1 Å². The van der Waals surface area contributed by atoms with Gasteiger partial charge < -0.3 is 11.1 Å². The fourth-order valence-corrected chi connectivity index (χ4v) is 1.42. The van der Waals surface area contributed by atoms with Gasteiger partial charge in [-0.25, -0.2) is 4.39 Å². The lowest BCUT2D eigenvalue weighted by Gasteiger charge is -2.09. The van der Waals surface area contributed by atoms with Crippen molar-refractivity contribution in [2.24, 2.45) is 0 Å². The Labute approximate surface area is 92.7 Å². The quantitative estimate of drug-likeness (QED) is 0.693. The summed E-state index contributed by atoms with van der Waals surface area (Å²) in [4.78, 5) is 0. The van der Waals surface area contributed by atoms with E-state index in [-0.39, 0.29) is 5.82 Å². The second-order valence-corrected chi connectivity index (χ2v) is 3.65. The van der Waals surface area contributed by atoms with Crippen molar-refractivity contribution in [1.82, 2.24) is 10.2 Å². The van der Waals surface area contributed by atoms with E-state index in [4.69, 9.17) is 5.73 Å². The molecule has 1 aromatic carbocycles. The van der Waals surface area contributed by atoms with E-state index in [1.165, 1.54) is 6.07 Å². The van der Waals surface area contributed by atoms with Crippen LogP contribution in [0.5, 0.6) is 0 Å². The fourth-order valence-electron chi connectivity index (χ4n) is 1.42. The number of nitrogen functional groups attached to an aromatic ring is 1. The molecule has 0 aliphatic carbocycles. The second kappa shape index (κ2) is 4.22. The number of aryl methyl sites for hydroxylation is 1. The van der Waals surface area contributed by atoms with Gasteiger partial charge in [-0.2, -0.15) is 5.10 Å². The molecule has 2 rings (SSSR count). The Bertz CT molecular complexity index is 479.